The number of allylic oxidation sites excluding steroid dienone is 6. The number of amides is 1. The van der Waals surface area contributed by atoms with Crippen molar-refractivity contribution < 1.29 is 24.5 Å². The Morgan fingerprint density at radius 3 is 1.01 bits per heavy atom. The van der Waals surface area contributed by atoms with Gasteiger partial charge in [-0.15, -0.1) is 0 Å². The number of hydrogen-bond donors (Lipinski definition) is 3. The largest absolute Gasteiger partial charge is 0.466 e. The zero-order valence-corrected chi connectivity index (χ0v) is 53.4. The minimum absolute atomic E-state index is 0.00224. The zero-order valence-electron chi connectivity index (χ0n) is 53.4. The number of carbonyl (C=O) groups is 2. The highest BCUT2D eigenvalue weighted by molar-refractivity contribution is 5.76. The van der Waals surface area contributed by atoms with Crippen molar-refractivity contribution in [3.63, 3.8) is 0 Å². The average Bonchev–Trinajstić information content (AvgIpc) is 3.45. The van der Waals surface area contributed by atoms with Gasteiger partial charge in [0.05, 0.1) is 25.4 Å². The van der Waals surface area contributed by atoms with Gasteiger partial charge in [0.15, 0.2) is 0 Å². The van der Waals surface area contributed by atoms with E-state index < -0.39 is 12.1 Å². The summed E-state index contributed by atoms with van der Waals surface area (Å²) in [5.74, 6) is -0.0282. The van der Waals surface area contributed by atoms with Crippen LogP contribution in [0.3, 0.4) is 0 Å². The van der Waals surface area contributed by atoms with Crippen molar-refractivity contribution in [3.8, 4) is 0 Å². The molecular weight excluding hydrogens is 971 g/mol. The first kappa shape index (κ1) is 77.1. The van der Waals surface area contributed by atoms with Crippen LogP contribution >= 0.6 is 0 Å². The van der Waals surface area contributed by atoms with Crippen molar-refractivity contribution in [3.05, 3.63) is 36.5 Å². The Morgan fingerprint density at radius 1 is 0.354 bits per heavy atom. The van der Waals surface area contributed by atoms with Crippen LogP contribution in [0.2, 0.25) is 0 Å². The summed E-state index contributed by atoms with van der Waals surface area (Å²) < 4.78 is 5.48. The predicted molar refractivity (Wildman–Crippen MR) is 347 cm³/mol. The van der Waals surface area contributed by atoms with Gasteiger partial charge in [-0.2, -0.15) is 0 Å². The second-order valence-corrected chi connectivity index (χ2v) is 24.6. The minimum Gasteiger partial charge on any atom is -0.466 e. The molecule has 0 rings (SSSR count). The Morgan fingerprint density at radius 2 is 0.646 bits per heavy atom. The van der Waals surface area contributed by atoms with E-state index in [1.54, 1.807) is 0 Å². The molecule has 6 heteroatoms. The Bertz CT molecular complexity index is 1280. The molecule has 79 heavy (non-hydrogen) atoms. The molecule has 0 aliphatic heterocycles. The second-order valence-electron chi connectivity index (χ2n) is 24.6. The van der Waals surface area contributed by atoms with E-state index in [0.29, 0.717) is 25.9 Å². The SMILES string of the molecule is CCCC/C=C\C/C=C\CCCCCCCC(=O)OCCCCCCCCCCCCCC/C=C\CCCCCCCCCCCCCCCC(=O)NC(CO)C(O)CCCCCCCCCCCCCCCCCCCCC. The molecule has 2 unspecified atom stereocenters. The van der Waals surface area contributed by atoms with E-state index in [4.69, 9.17) is 4.74 Å². The first-order chi connectivity index (χ1) is 39.0. The van der Waals surface area contributed by atoms with E-state index in [-0.39, 0.29) is 18.5 Å². The van der Waals surface area contributed by atoms with E-state index in [2.05, 4.69) is 55.6 Å². The smallest absolute Gasteiger partial charge is 0.305 e. The minimum atomic E-state index is -0.665. The summed E-state index contributed by atoms with van der Waals surface area (Å²) in [7, 11) is 0. The van der Waals surface area contributed by atoms with Crippen molar-refractivity contribution in [2.24, 2.45) is 0 Å². The summed E-state index contributed by atoms with van der Waals surface area (Å²) in [4.78, 5) is 24.6. The lowest BCUT2D eigenvalue weighted by molar-refractivity contribution is -0.143. The zero-order chi connectivity index (χ0) is 57.1. The molecule has 6 nitrogen and oxygen atoms in total. The summed E-state index contributed by atoms with van der Waals surface area (Å²) in [6.07, 6.45) is 87.7. The molecule has 0 aliphatic rings. The molecule has 0 saturated carbocycles. The lowest BCUT2D eigenvalue weighted by Crippen LogP contribution is -2.45. The van der Waals surface area contributed by atoms with Crippen molar-refractivity contribution in [1.82, 2.24) is 5.32 Å². The van der Waals surface area contributed by atoms with E-state index in [0.717, 1.165) is 51.4 Å². The van der Waals surface area contributed by atoms with Crippen LogP contribution in [0.4, 0.5) is 0 Å². The number of carbonyl (C=O) groups excluding carboxylic acids is 2. The monoisotopic (exact) mass is 1110 g/mol. The molecule has 1 amide bonds. The van der Waals surface area contributed by atoms with E-state index in [1.807, 2.05) is 0 Å². The molecule has 466 valence electrons. The summed E-state index contributed by atoms with van der Waals surface area (Å²) in [5.41, 5.74) is 0. The van der Waals surface area contributed by atoms with Gasteiger partial charge in [-0.1, -0.05) is 339 Å². The van der Waals surface area contributed by atoms with Crippen molar-refractivity contribution in [1.29, 1.82) is 0 Å². The molecule has 3 N–H and O–H groups in total. The topological polar surface area (TPSA) is 95.9 Å². The summed E-state index contributed by atoms with van der Waals surface area (Å²) >= 11 is 0. The number of esters is 1. The number of ether oxygens (including phenoxy) is 1. The predicted octanol–water partition coefficient (Wildman–Crippen LogP) is 23.1. The molecule has 2 atom stereocenters. The fourth-order valence-electron chi connectivity index (χ4n) is 11.2. The van der Waals surface area contributed by atoms with Crippen molar-refractivity contribution in [2.45, 2.75) is 405 Å². The van der Waals surface area contributed by atoms with Crippen LogP contribution in [0.1, 0.15) is 393 Å². The average molecular weight is 1110 g/mol. The maximum absolute atomic E-state index is 12.5. The molecule has 0 aromatic rings. The fraction of sp³-hybridized carbons (Fsp3) is 0.890. The molecule has 0 spiro atoms. The third-order valence-corrected chi connectivity index (χ3v) is 16.7. The Kier molecular flexibility index (Phi) is 66.9. The molecular formula is C73H139NO5. The van der Waals surface area contributed by atoms with Gasteiger partial charge in [-0.05, 0) is 77.0 Å². The third-order valence-electron chi connectivity index (χ3n) is 16.7. The van der Waals surface area contributed by atoms with Crippen LogP contribution < -0.4 is 5.32 Å². The van der Waals surface area contributed by atoms with Gasteiger partial charge in [-0.3, -0.25) is 9.59 Å². The number of nitrogens with one attached hydrogen (secondary N) is 1. The molecule has 0 fully saturated rings. The number of aliphatic hydroxyl groups excluding tert-OH is 2. The lowest BCUT2D eigenvalue weighted by Gasteiger charge is -2.22. The van der Waals surface area contributed by atoms with E-state index in [9.17, 15) is 19.8 Å². The maximum Gasteiger partial charge on any atom is 0.305 e. The van der Waals surface area contributed by atoms with Gasteiger partial charge < -0.3 is 20.3 Å². The number of rotatable bonds is 67. The molecule has 0 aromatic carbocycles. The second kappa shape index (κ2) is 68.6. The van der Waals surface area contributed by atoms with Crippen LogP contribution in [-0.4, -0.2) is 47.4 Å². The first-order valence-corrected chi connectivity index (χ1v) is 35.7. The third kappa shape index (κ3) is 65.1. The van der Waals surface area contributed by atoms with Gasteiger partial charge in [-0.25, -0.2) is 0 Å². The first-order valence-electron chi connectivity index (χ1n) is 35.7. The summed E-state index contributed by atoms with van der Waals surface area (Å²) in [6, 6.07) is -0.542. The van der Waals surface area contributed by atoms with Gasteiger partial charge >= 0.3 is 5.97 Å². The van der Waals surface area contributed by atoms with Gasteiger partial charge in [0, 0.05) is 12.8 Å². The van der Waals surface area contributed by atoms with Crippen LogP contribution in [0.25, 0.3) is 0 Å². The molecule has 0 saturated heterocycles. The fourth-order valence-corrected chi connectivity index (χ4v) is 11.2. The lowest BCUT2D eigenvalue weighted by atomic mass is 10.0. The van der Waals surface area contributed by atoms with Gasteiger partial charge in [0.2, 0.25) is 5.91 Å². The number of aliphatic hydroxyl groups is 2. The Hall–Kier alpha value is -1.92. The van der Waals surface area contributed by atoms with Gasteiger partial charge in [0.25, 0.3) is 0 Å². The molecule has 0 aliphatic carbocycles. The van der Waals surface area contributed by atoms with Crippen LogP contribution in [-0.2, 0) is 14.3 Å². The highest BCUT2D eigenvalue weighted by Crippen LogP contribution is 2.19. The van der Waals surface area contributed by atoms with Crippen molar-refractivity contribution in [2.75, 3.05) is 13.2 Å². The number of unbranched alkanes of at least 4 members (excludes halogenated alkanes) is 50. The molecule has 0 radical (unpaired) electrons. The van der Waals surface area contributed by atoms with Crippen LogP contribution in [0.5, 0.6) is 0 Å². The maximum atomic E-state index is 12.5. The van der Waals surface area contributed by atoms with Crippen LogP contribution in [0.15, 0.2) is 36.5 Å². The molecule has 0 aromatic heterocycles. The van der Waals surface area contributed by atoms with Gasteiger partial charge in [0.1, 0.15) is 0 Å². The molecule has 0 bridgehead atoms. The summed E-state index contributed by atoms with van der Waals surface area (Å²) in [6.45, 7) is 4.94. The molecule has 0 heterocycles. The van der Waals surface area contributed by atoms with Crippen molar-refractivity contribution >= 4 is 11.9 Å². The van der Waals surface area contributed by atoms with E-state index in [1.165, 1.54) is 308 Å². The normalized spacial score (nSPS) is 12.7. The Labute approximate surface area is 494 Å². The van der Waals surface area contributed by atoms with E-state index >= 15 is 0 Å². The highest BCUT2D eigenvalue weighted by atomic mass is 16.5. The van der Waals surface area contributed by atoms with Crippen LogP contribution in [0, 0.1) is 0 Å². The highest BCUT2D eigenvalue weighted by Gasteiger charge is 2.20. The number of hydrogen-bond acceptors (Lipinski definition) is 5. The summed E-state index contributed by atoms with van der Waals surface area (Å²) in [5, 5.41) is 23.4. The standard InChI is InChI=1S/C73H139NO5/c1-3-5-7-9-11-13-15-17-19-20-32-35-38-41-45-49-53-57-61-65-71(76)70(69-75)74-72(77)66-62-58-54-50-46-42-39-36-33-30-28-26-24-22-21-23-25-27-29-31-34-37-40-44-48-52-56-60-64-68-79-73(78)67-63-59-55-51-47-43-18-16-14-12-10-8-6-4-2/h10,12,16,18,21,23,70-71,75-76H,3-9,11,13-15,17,19-20,22,24-69H2,1-2H3,(H,74,77)/b12-10-,18-16-,23-21-. The Balaban J connectivity index is 3.38. The quantitative estimate of drug-likeness (QED) is 0.0320.